The summed E-state index contributed by atoms with van der Waals surface area (Å²) in [4.78, 5) is 12.9. The predicted octanol–water partition coefficient (Wildman–Crippen LogP) is 6.10. The summed E-state index contributed by atoms with van der Waals surface area (Å²) in [5.74, 6) is 6.70. The Morgan fingerprint density at radius 3 is 2.52 bits per heavy atom. The molecule has 1 heterocycles. The molecular formula is C25H21BrO4S. The Balaban J connectivity index is 1.75. The number of carboxylic acids is 1. The zero-order chi connectivity index (χ0) is 22.2. The average molecular weight is 497 g/mol. The van der Waals surface area contributed by atoms with Crippen LogP contribution in [0.25, 0.3) is 5.57 Å². The van der Waals surface area contributed by atoms with Crippen LogP contribution in [0.2, 0.25) is 0 Å². The van der Waals surface area contributed by atoms with E-state index in [0.717, 1.165) is 26.0 Å². The number of carbonyl (C=O) groups is 1. The summed E-state index contributed by atoms with van der Waals surface area (Å²) in [6.45, 7) is 3.89. The maximum atomic E-state index is 10.7. The molecule has 0 saturated heterocycles. The Bertz CT molecular complexity index is 1150. The van der Waals surface area contributed by atoms with Crippen LogP contribution < -0.4 is 9.47 Å². The van der Waals surface area contributed by atoms with E-state index in [1.165, 1.54) is 4.88 Å². The lowest BCUT2D eigenvalue weighted by Crippen LogP contribution is -2.10. The van der Waals surface area contributed by atoms with E-state index in [4.69, 9.17) is 14.6 Å². The van der Waals surface area contributed by atoms with Crippen LogP contribution >= 0.6 is 27.3 Å². The first-order valence-corrected chi connectivity index (χ1v) is 11.1. The number of aryl methyl sites for hydroxylation is 2. The molecule has 0 aliphatic heterocycles. The topological polar surface area (TPSA) is 55.8 Å². The number of carboxylic acid groups (broad SMARTS) is 1. The quantitative estimate of drug-likeness (QED) is 0.401. The van der Waals surface area contributed by atoms with Crippen LogP contribution in [0.5, 0.6) is 11.5 Å². The van der Waals surface area contributed by atoms with Gasteiger partial charge in [0.15, 0.2) is 6.61 Å². The summed E-state index contributed by atoms with van der Waals surface area (Å²) in [6, 6.07) is 17.4. The lowest BCUT2D eigenvalue weighted by molar-refractivity contribution is -0.139. The second-order valence-corrected chi connectivity index (χ2v) is 8.91. The Morgan fingerprint density at radius 2 is 1.87 bits per heavy atom. The molecule has 3 rings (SSSR count). The molecule has 31 heavy (non-hydrogen) atoms. The molecule has 0 unspecified atom stereocenters. The van der Waals surface area contributed by atoms with E-state index in [-0.39, 0.29) is 6.61 Å². The predicted molar refractivity (Wildman–Crippen MR) is 128 cm³/mol. The van der Waals surface area contributed by atoms with Crippen molar-refractivity contribution in [2.75, 3.05) is 13.2 Å². The van der Waals surface area contributed by atoms with Gasteiger partial charge in [0.2, 0.25) is 0 Å². The van der Waals surface area contributed by atoms with E-state index < -0.39 is 5.97 Å². The fourth-order valence-corrected chi connectivity index (χ4v) is 3.72. The molecule has 0 fully saturated rings. The summed E-state index contributed by atoms with van der Waals surface area (Å²) >= 11 is 5.14. The third-order valence-electron chi connectivity index (χ3n) is 4.25. The van der Waals surface area contributed by atoms with Crippen molar-refractivity contribution in [2.24, 2.45) is 0 Å². The highest BCUT2D eigenvalue weighted by atomic mass is 79.9. The van der Waals surface area contributed by atoms with Gasteiger partial charge < -0.3 is 14.6 Å². The average Bonchev–Trinajstić information content (AvgIpc) is 3.15. The molecule has 0 amide bonds. The van der Waals surface area contributed by atoms with Gasteiger partial charge in [-0.1, -0.05) is 39.9 Å². The van der Waals surface area contributed by atoms with Crippen molar-refractivity contribution >= 4 is 38.8 Å². The lowest BCUT2D eigenvalue weighted by atomic mass is 10.1. The van der Waals surface area contributed by atoms with Crippen LogP contribution in [0, 0.1) is 25.7 Å². The van der Waals surface area contributed by atoms with Crippen LogP contribution in [0.3, 0.4) is 0 Å². The third-order valence-corrected chi connectivity index (χ3v) is 5.70. The van der Waals surface area contributed by atoms with Gasteiger partial charge in [-0.25, -0.2) is 4.79 Å². The van der Waals surface area contributed by atoms with Crippen LogP contribution in [0.1, 0.15) is 20.9 Å². The van der Waals surface area contributed by atoms with Gasteiger partial charge in [0.1, 0.15) is 18.1 Å². The van der Waals surface area contributed by atoms with Gasteiger partial charge >= 0.3 is 5.97 Å². The Morgan fingerprint density at radius 1 is 1.10 bits per heavy atom. The fraction of sp³-hybridized carbons (Fsp3) is 0.160. The molecule has 3 aromatic rings. The number of halogens is 1. The van der Waals surface area contributed by atoms with Gasteiger partial charge in [0.05, 0.1) is 4.88 Å². The van der Waals surface area contributed by atoms with E-state index in [9.17, 15) is 4.79 Å². The first-order chi connectivity index (χ1) is 14.9. The number of rotatable bonds is 7. The van der Waals surface area contributed by atoms with E-state index in [1.54, 1.807) is 23.5 Å². The highest BCUT2D eigenvalue weighted by molar-refractivity contribution is 9.10. The van der Waals surface area contributed by atoms with Crippen molar-refractivity contribution in [1.82, 2.24) is 0 Å². The number of ether oxygens (including phenoxy) is 2. The van der Waals surface area contributed by atoms with Gasteiger partial charge in [-0.2, -0.15) is 0 Å². The molecule has 6 heteroatoms. The number of hydrogen-bond acceptors (Lipinski definition) is 4. The molecule has 0 saturated carbocycles. The van der Waals surface area contributed by atoms with E-state index in [2.05, 4.69) is 40.8 Å². The monoisotopic (exact) mass is 496 g/mol. The number of aliphatic carboxylic acids is 1. The minimum atomic E-state index is -1.01. The fourth-order valence-electron chi connectivity index (χ4n) is 2.74. The second-order valence-electron chi connectivity index (χ2n) is 6.71. The largest absolute Gasteiger partial charge is 0.489 e. The smallest absolute Gasteiger partial charge is 0.341 e. The van der Waals surface area contributed by atoms with E-state index in [0.29, 0.717) is 18.1 Å². The highest BCUT2D eigenvalue weighted by Crippen LogP contribution is 2.24. The molecule has 0 radical (unpaired) electrons. The maximum Gasteiger partial charge on any atom is 0.341 e. The zero-order valence-electron chi connectivity index (χ0n) is 17.1. The van der Waals surface area contributed by atoms with E-state index in [1.807, 2.05) is 49.4 Å². The van der Waals surface area contributed by atoms with Gasteiger partial charge in [0.25, 0.3) is 0 Å². The molecule has 0 atom stereocenters. The molecule has 1 N–H and O–H groups in total. The van der Waals surface area contributed by atoms with Crippen LogP contribution in [0.4, 0.5) is 0 Å². The van der Waals surface area contributed by atoms with Gasteiger partial charge in [-0.3, -0.25) is 0 Å². The number of benzene rings is 2. The van der Waals surface area contributed by atoms with Crippen molar-refractivity contribution in [1.29, 1.82) is 0 Å². The van der Waals surface area contributed by atoms with Crippen molar-refractivity contribution in [3.63, 3.8) is 0 Å². The van der Waals surface area contributed by atoms with Gasteiger partial charge in [0, 0.05) is 14.9 Å². The summed E-state index contributed by atoms with van der Waals surface area (Å²) in [5.41, 5.74) is 2.71. The first kappa shape index (κ1) is 22.7. The normalized spacial score (nSPS) is 10.9. The highest BCUT2D eigenvalue weighted by Gasteiger charge is 2.05. The van der Waals surface area contributed by atoms with Crippen LogP contribution in [-0.4, -0.2) is 24.3 Å². The van der Waals surface area contributed by atoms with E-state index >= 15 is 0 Å². The van der Waals surface area contributed by atoms with Gasteiger partial charge in [-0.15, -0.1) is 11.3 Å². The van der Waals surface area contributed by atoms with Crippen molar-refractivity contribution in [2.45, 2.75) is 13.8 Å². The molecule has 1 aromatic heterocycles. The molecule has 0 bridgehead atoms. The first-order valence-electron chi connectivity index (χ1n) is 9.53. The van der Waals surface area contributed by atoms with Crippen molar-refractivity contribution in [3.05, 3.63) is 86.0 Å². The lowest BCUT2D eigenvalue weighted by Gasteiger charge is -2.10. The number of allylic oxidation sites excluding steroid dienone is 1. The Labute approximate surface area is 194 Å². The Hall–Kier alpha value is -3.01. The summed E-state index contributed by atoms with van der Waals surface area (Å²) in [6.07, 6.45) is 1.96. The molecule has 0 spiro atoms. The van der Waals surface area contributed by atoms with Crippen molar-refractivity contribution in [3.8, 4) is 23.3 Å². The summed E-state index contributed by atoms with van der Waals surface area (Å²) < 4.78 is 12.1. The maximum absolute atomic E-state index is 10.7. The standard InChI is InChI=1S/C25H21BrO4S/c1-17-15-22(9-12-24(17)30-16-25(27)28)29-14-13-20(19-4-7-21(26)8-5-19)6-11-23-10-3-18(2)31-23/h3-5,7-10,12-13,15H,14,16H2,1-2H3,(H,27,28)/b20-13-. The van der Waals surface area contributed by atoms with Crippen molar-refractivity contribution < 1.29 is 19.4 Å². The minimum absolute atomic E-state index is 0.346. The van der Waals surface area contributed by atoms with Crippen LogP contribution in [-0.2, 0) is 4.79 Å². The molecule has 2 aromatic carbocycles. The minimum Gasteiger partial charge on any atom is -0.489 e. The van der Waals surface area contributed by atoms with Crippen LogP contribution in [0.15, 0.2) is 65.1 Å². The molecule has 0 aliphatic rings. The third kappa shape index (κ3) is 7.02. The second kappa shape index (κ2) is 10.9. The zero-order valence-corrected chi connectivity index (χ0v) is 19.5. The SMILES string of the molecule is Cc1ccc(C#C/C(=C/COc2ccc(OCC(=O)O)c(C)c2)c2ccc(Br)cc2)s1. The summed E-state index contributed by atoms with van der Waals surface area (Å²) in [7, 11) is 0. The molecule has 4 nitrogen and oxygen atoms in total. The number of thiophene rings is 1. The molecule has 158 valence electrons. The Kier molecular flexibility index (Phi) is 7.94. The molecular weight excluding hydrogens is 476 g/mol. The molecule has 0 aliphatic carbocycles. The van der Waals surface area contributed by atoms with Gasteiger partial charge in [-0.05, 0) is 73.5 Å². The summed E-state index contributed by atoms with van der Waals surface area (Å²) in [5, 5.41) is 8.75. The number of hydrogen-bond donors (Lipinski definition) is 1.